The van der Waals surface area contributed by atoms with E-state index in [2.05, 4.69) is 5.16 Å². The Morgan fingerprint density at radius 2 is 2.00 bits per heavy atom. The van der Waals surface area contributed by atoms with Crippen molar-refractivity contribution < 1.29 is 22.5 Å². The maximum atomic E-state index is 12.6. The van der Waals surface area contributed by atoms with E-state index >= 15 is 0 Å². The van der Waals surface area contributed by atoms with Crippen LogP contribution in [0.2, 0.25) is 0 Å². The van der Waals surface area contributed by atoms with Crippen molar-refractivity contribution in [2.24, 2.45) is 0 Å². The monoisotopic (exact) mass is 297 g/mol. The van der Waals surface area contributed by atoms with E-state index in [0.717, 1.165) is 12.1 Å². The summed E-state index contributed by atoms with van der Waals surface area (Å²) < 4.78 is 42.8. The number of carbonyl (C=O) groups excluding carboxylic acids is 1. The lowest BCUT2D eigenvalue weighted by atomic mass is 10.0. The summed E-state index contributed by atoms with van der Waals surface area (Å²) in [6.07, 6.45) is -4.56. The van der Waals surface area contributed by atoms with Crippen LogP contribution in [0.3, 0.4) is 0 Å². The summed E-state index contributed by atoms with van der Waals surface area (Å²) in [4.78, 5) is 12.0. The molecule has 1 aromatic carbocycles. The first-order chi connectivity index (χ1) is 9.77. The van der Waals surface area contributed by atoms with E-state index in [9.17, 15) is 18.0 Å². The molecule has 3 nitrogen and oxygen atoms in total. The zero-order valence-electron chi connectivity index (χ0n) is 11.6. The van der Waals surface area contributed by atoms with Gasteiger partial charge in [-0.25, -0.2) is 0 Å². The van der Waals surface area contributed by atoms with Gasteiger partial charge in [0.25, 0.3) is 0 Å². The highest BCUT2D eigenvalue weighted by molar-refractivity contribution is 5.95. The van der Waals surface area contributed by atoms with Gasteiger partial charge in [0.2, 0.25) is 0 Å². The van der Waals surface area contributed by atoms with Crippen LogP contribution in [0.25, 0.3) is 0 Å². The average Bonchev–Trinajstić information content (AvgIpc) is 2.88. The maximum Gasteiger partial charge on any atom is 0.416 e. The predicted octanol–water partition coefficient (Wildman–Crippen LogP) is 4.24. The molecule has 0 fully saturated rings. The number of hydrogen-bond donors (Lipinski definition) is 0. The molecule has 0 aliphatic carbocycles. The number of ketones is 1. The fraction of sp³-hybridized carbons (Fsp3) is 0.333. The minimum atomic E-state index is -4.42. The minimum absolute atomic E-state index is 0.0904. The van der Waals surface area contributed by atoms with Gasteiger partial charge in [0.05, 0.1) is 5.56 Å². The van der Waals surface area contributed by atoms with Crippen molar-refractivity contribution in [2.75, 3.05) is 0 Å². The Kier molecular flexibility index (Phi) is 4.16. The molecule has 1 heterocycles. The van der Waals surface area contributed by atoms with Gasteiger partial charge in [-0.05, 0) is 11.6 Å². The molecule has 2 aromatic rings. The lowest BCUT2D eigenvalue weighted by molar-refractivity contribution is -0.137. The summed E-state index contributed by atoms with van der Waals surface area (Å²) in [6, 6.07) is 6.24. The Bertz CT molecular complexity index is 644. The summed E-state index contributed by atoms with van der Waals surface area (Å²) >= 11 is 0. The van der Waals surface area contributed by atoms with Gasteiger partial charge >= 0.3 is 6.18 Å². The first-order valence-corrected chi connectivity index (χ1v) is 6.43. The van der Waals surface area contributed by atoms with E-state index in [-0.39, 0.29) is 23.8 Å². The van der Waals surface area contributed by atoms with Crippen molar-refractivity contribution in [3.8, 4) is 0 Å². The largest absolute Gasteiger partial charge is 0.416 e. The summed E-state index contributed by atoms with van der Waals surface area (Å²) in [5.41, 5.74) is -0.337. The number of rotatable bonds is 4. The van der Waals surface area contributed by atoms with Crippen LogP contribution in [0.4, 0.5) is 13.2 Å². The third-order valence-corrected chi connectivity index (χ3v) is 3.00. The molecule has 0 aliphatic heterocycles. The molecule has 0 N–H and O–H groups in total. The highest BCUT2D eigenvalue weighted by atomic mass is 19.4. The summed E-state index contributed by atoms with van der Waals surface area (Å²) in [6.45, 7) is 3.78. The number of hydrogen-bond acceptors (Lipinski definition) is 3. The minimum Gasteiger partial charge on any atom is -0.360 e. The highest BCUT2D eigenvalue weighted by Crippen LogP contribution is 2.29. The van der Waals surface area contributed by atoms with Crippen LogP contribution < -0.4 is 0 Å². The zero-order chi connectivity index (χ0) is 15.6. The van der Waals surface area contributed by atoms with Crippen LogP contribution >= 0.6 is 0 Å². The second-order valence-corrected chi connectivity index (χ2v) is 5.07. The molecule has 1 aromatic heterocycles. The van der Waals surface area contributed by atoms with Crippen LogP contribution in [0, 0.1) is 0 Å². The van der Waals surface area contributed by atoms with Gasteiger partial charge in [-0.15, -0.1) is 0 Å². The van der Waals surface area contributed by atoms with Gasteiger partial charge in [0.1, 0.15) is 11.5 Å². The maximum absolute atomic E-state index is 12.6. The standard InChI is InChI=1S/C15H14F3NO2/c1-9(2)14-8-12(19-21-14)13(20)7-10-4-3-5-11(6-10)15(16,17)18/h3-6,8-9H,7H2,1-2H3. The van der Waals surface area contributed by atoms with Gasteiger partial charge in [-0.2, -0.15) is 13.2 Å². The summed E-state index contributed by atoms with van der Waals surface area (Å²) in [5.74, 6) is 0.292. The Morgan fingerprint density at radius 1 is 1.29 bits per heavy atom. The number of benzene rings is 1. The third kappa shape index (κ3) is 3.71. The van der Waals surface area contributed by atoms with E-state index in [1.807, 2.05) is 13.8 Å². The first kappa shape index (κ1) is 15.3. The van der Waals surface area contributed by atoms with Gasteiger partial charge in [0.15, 0.2) is 5.78 Å². The Balaban J connectivity index is 2.15. The molecular formula is C15H14F3NO2. The number of alkyl halides is 3. The van der Waals surface area contributed by atoms with E-state index in [1.165, 1.54) is 18.2 Å². The Hall–Kier alpha value is -2.11. The van der Waals surface area contributed by atoms with Crippen molar-refractivity contribution >= 4 is 5.78 Å². The molecule has 0 saturated heterocycles. The molecule has 0 aliphatic rings. The smallest absolute Gasteiger partial charge is 0.360 e. The molecule has 6 heteroatoms. The van der Waals surface area contributed by atoms with Crippen LogP contribution in [0.5, 0.6) is 0 Å². The van der Waals surface area contributed by atoms with E-state index in [4.69, 9.17) is 4.52 Å². The fourth-order valence-corrected chi connectivity index (χ4v) is 1.83. The van der Waals surface area contributed by atoms with Gasteiger partial charge in [-0.3, -0.25) is 4.79 Å². The molecule has 0 amide bonds. The molecule has 21 heavy (non-hydrogen) atoms. The topological polar surface area (TPSA) is 43.1 Å². The van der Waals surface area contributed by atoms with Crippen molar-refractivity contribution in [3.05, 3.63) is 52.9 Å². The van der Waals surface area contributed by atoms with Crippen molar-refractivity contribution in [1.82, 2.24) is 5.16 Å². The number of carbonyl (C=O) groups is 1. The zero-order valence-corrected chi connectivity index (χ0v) is 11.6. The van der Waals surface area contributed by atoms with Crippen LogP contribution in [0.1, 0.15) is 47.1 Å². The predicted molar refractivity (Wildman–Crippen MR) is 70.1 cm³/mol. The van der Waals surface area contributed by atoms with Gasteiger partial charge in [0, 0.05) is 18.4 Å². The molecule has 0 atom stereocenters. The highest BCUT2D eigenvalue weighted by Gasteiger charge is 2.30. The fourth-order valence-electron chi connectivity index (χ4n) is 1.83. The molecule has 0 spiro atoms. The first-order valence-electron chi connectivity index (χ1n) is 6.43. The number of halogens is 3. The van der Waals surface area contributed by atoms with Gasteiger partial charge < -0.3 is 4.52 Å². The summed E-state index contributed by atoms with van der Waals surface area (Å²) in [7, 11) is 0. The lowest BCUT2D eigenvalue weighted by Crippen LogP contribution is -2.08. The van der Waals surface area contributed by atoms with E-state index < -0.39 is 11.7 Å². The Labute approximate surface area is 119 Å². The van der Waals surface area contributed by atoms with Crippen LogP contribution in [0.15, 0.2) is 34.9 Å². The number of aromatic nitrogens is 1. The molecule has 0 bridgehead atoms. The number of Topliss-reactive ketones (excluding diaryl/α,β-unsaturated/α-hetero) is 1. The molecular weight excluding hydrogens is 283 g/mol. The quantitative estimate of drug-likeness (QED) is 0.793. The second kappa shape index (κ2) is 5.71. The van der Waals surface area contributed by atoms with Crippen molar-refractivity contribution in [3.63, 3.8) is 0 Å². The average molecular weight is 297 g/mol. The van der Waals surface area contributed by atoms with E-state index in [0.29, 0.717) is 11.3 Å². The SMILES string of the molecule is CC(C)c1cc(C(=O)Cc2cccc(C(F)(F)F)c2)no1. The molecule has 2 rings (SSSR count). The third-order valence-electron chi connectivity index (χ3n) is 3.00. The lowest BCUT2D eigenvalue weighted by Gasteiger charge is -2.07. The van der Waals surface area contributed by atoms with Crippen LogP contribution in [-0.2, 0) is 12.6 Å². The second-order valence-electron chi connectivity index (χ2n) is 5.07. The normalized spacial score (nSPS) is 11.9. The molecule has 0 saturated carbocycles. The van der Waals surface area contributed by atoms with Crippen molar-refractivity contribution in [1.29, 1.82) is 0 Å². The van der Waals surface area contributed by atoms with E-state index in [1.54, 1.807) is 0 Å². The summed E-state index contributed by atoms with van der Waals surface area (Å²) in [5, 5.41) is 3.66. The molecule has 0 unspecified atom stereocenters. The Morgan fingerprint density at radius 3 is 2.57 bits per heavy atom. The van der Waals surface area contributed by atoms with Gasteiger partial charge in [-0.1, -0.05) is 37.2 Å². The van der Waals surface area contributed by atoms with Crippen molar-refractivity contribution in [2.45, 2.75) is 32.4 Å². The number of nitrogens with zero attached hydrogens (tertiary/aromatic N) is 1. The van der Waals surface area contributed by atoms with Crippen LogP contribution in [-0.4, -0.2) is 10.9 Å². The molecule has 0 radical (unpaired) electrons. The molecule has 112 valence electrons.